The fourth-order valence-electron chi connectivity index (χ4n) is 3.83. The summed E-state index contributed by atoms with van der Waals surface area (Å²) in [5.74, 6) is -0.0564. The number of carbonyl (C=O) groups is 1. The molecule has 0 spiro atoms. The molecule has 0 unspecified atom stereocenters. The van der Waals surface area contributed by atoms with Gasteiger partial charge in [0.25, 0.3) is 5.91 Å². The maximum Gasteiger partial charge on any atom is 0.273 e. The third-order valence-corrected chi connectivity index (χ3v) is 6.31. The van der Waals surface area contributed by atoms with Crippen LogP contribution in [0, 0.1) is 13.8 Å². The van der Waals surface area contributed by atoms with E-state index in [9.17, 15) is 4.79 Å². The van der Waals surface area contributed by atoms with Gasteiger partial charge in [0.15, 0.2) is 0 Å². The number of benzene rings is 2. The first kappa shape index (κ1) is 20.6. The third kappa shape index (κ3) is 4.40. The van der Waals surface area contributed by atoms with E-state index in [1.54, 1.807) is 4.90 Å². The number of para-hydroxylation sites is 1. The van der Waals surface area contributed by atoms with Gasteiger partial charge in [-0.2, -0.15) is 0 Å². The minimum Gasteiger partial charge on any atom is -0.378 e. The van der Waals surface area contributed by atoms with Crippen LogP contribution in [0.4, 0.5) is 5.69 Å². The van der Waals surface area contributed by atoms with Gasteiger partial charge in [0, 0.05) is 43.3 Å². The zero-order chi connectivity index (χ0) is 21.1. The summed E-state index contributed by atoms with van der Waals surface area (Å²) in [7, 11) is 1.84. The van der Waals surface area contributed by atoms with Crippen LogP contribution in [0.3, 0.4) is 0 Å². The monoisotopic (exact) mass is 421 g/mol. The highest BCUT2D eigenvalue weighted by molar-refractivity contribution is 7.13. The average Bonchev–Trinajstić information content (AvgIpc) is 3.24. The van der Waals surface area contributed by atoms with Crippen LogP contribution in [0.1, 0.15) is 27.2 Å². The molecule has 4 rings (SSSR count). The number of ether oxygens (including phenoxy) is 1. The molecule has 2 aromatic carbocycles. The van der Waals surface area contributed by atoms with E-state index < -0.39 is 0 Å². The molecule has 0 aliphatic carbocycles. The molecule has 5 nitrogen and oxygen atoms in total. The lowest BCUT2D eigenvalue weighted by Gasteiger charge is -2.31. The van der Waals surface area contributed by atoms with Crippen molar-refractivity contribution >= 4 is 22.9 Å². The highest BCUT2D eigenvalue weighted by Gasteiger charge is 2.20. The summed E-state index contributed by atoms with van der Waals surface area (Å²) in [4.78, 5) is 21.8. The first-order valence-electron chi connectivity index (χ1n) is 10.2. The Hall–Kier alpha value is -2.70. The molecule has 1 aliphatic heterocycles. The number of aromatic nitrogens is 1. The van der Waals surface area contributed by atoms with Gasteiger partial charge < -0.3 is 14.5 Å². The lowest BCUT2D eigenvalue weighted by molar-refractivity contribution is 0.0780. The second kappa shape index (κ2) is 8.98. The van der Waals surface area contributed by atoms with Crippen molar-refractivity contribution in [1.29, 1.82) is 0 Å². The van der Waals surface area contributed by atoms with Gasteiger partial charge in [0.1, 0.15) is 10.7 Å². The number of nitrogens with zero attached hydrogens (tertiary/aromatic N) is 3. The highest BCUT2D eigenvalue weighted by atomic mass is 32.1. The normalized spacial score (nSPS) is 14.0. The van der Waals surface area contributed by atoms with Gasteiger partial charge >= 0.3 is 0 Å². The molecule has 1 aromatic heterocycles. The first-order valence-corrected chi connectivity index (χ1v) is 11.1. The van der Waals surface area contributed by atoms with E-state index in [-0.39, 0.29) is 5.91 Å². The number of thiazole rings is 1. The van der Waals surface area contributed by atoms with Crippen molar-refractivity contribution in [2.45, 2.75) is 20.4 Å². The second-order valence-corrected chi connectivity index (χ2v) is 8.60. The second-order valence-electron chi connectivity index (χ2n) is 7.75. The molecule has 1 fully saturated rings. The number of carbonyl (C=O) groups excluding carboxylic acids is 1. The van der Waals surface area contributed by atoms with E-state index in [2.05, 4.69) is 54.1 Å². The van der Waals surface area contributed by atoms with Crippen LogP contribution in [0.25, 0.3) is 10.6 Å². The molecule has 0 radical (unpaired) electrons. The Morgan fingerprint density at radius 3 is 2.70 bits per heavy atom. The van der Waals surface area contributed by atoms with E-state index in [4.69, 9.17) is 4.74 Å². The molecule has 3 aromatic rings. The van der Waals surface area contributed by atoms with E-state index in [0.29, 0.717) is 12.2 Å². The number of aryl methyl sites for hydroxylation is 2. The van der Waals surface area contributed by atoms with Crippen molar-refractivity contribution in [3.8, 4) is 10.6 Å². The third-order valence-electron chi connectivity index (χ3n) is 5.43. The summed E-state index contributed by atoms with van der Waals surface area (Å²) >= 11 is 1.52. The zero-order valence-electron chi connectivity index (χ0n) is 17.7. The number of hydrogen-bond donors (Lipinski definition) is 0. The van der Waals surface area contributed by atoms with Crippen LogP contribution >= 0.6 is 11.3 Å². The molecule has 0 atom stereocenters. The number of amides is 1. The zero-order valence-corrected chi connectivity index (χ0v) is 18.5. The summed E-state index contributed by atoms with van der Waals surface area (Å²) in [6.07, 6.45) is 0. The van der Waals surface area contributed by atoms with Crippen LogP contribution in [0.15, 0.2) is 47.8 Å². The van der Waals surface area contributed by atoms with Gasteiger partial charge in [-0.05, 0) is 31.0 Å². The maximum atomic E-state index is 13.1. The first-order chi connectivity index (χ1) is 14.5. The molecule has 2 heterocycles. The molecule has 1 aliphatic rings. The number of rotatable bonds is 5. The molecule has 0 saturated carbocycles. The van der Waals surface area contributed by atoms with Crippen molar-refractivity contribution in [3.63, 3.8) is 0 Å². The number of hydrogen-bond acceptors (Lipinski definition) is 5. The molecular formula is C24H27N3O2S. The molecule has 0 N–H and O–H groups in total. The van der Waals surface area contributed by atoms with Crippen LogP contribution in [-0.2, 0) is 11.3 Å². The molecule has 6 heteroatoms. The summed E-state index contributed by atoms with van der Waals surface area (Å²) in [6, 6.07) is 14.6. The van der Waals surface area contributed by atoms with E-state index >= 15 is 0 Å². The predicted octanol–water partition coefficient (Wildman–Crippen LogP) is 4.54. The minimum absolute atomic E-state index is 0.0564. The van der Waals surface area contributed by atoms with Gasteiger partial charge in [0.05, 0.1) is 13.2 Å². The van der Waals surface area contributed by atoms with E-state index in [0.717, 1.165) is 42.4 Å². The Labute approximate surface area is 181 Å². The molecule has 30 heavy (non-hydrogen) atoms. The molecule has 1 saturated heterocycles. The van der Waals surface area contributed by atoms with E-state index in [1.807, 2.05) is 24.6 Å². The van der Waals surface area contributed by atoms with Crippen LogP contribution in [0.2, 0.25) is 0 Å². The Balaban J connectivity index is 1.51. The Morgan fingerprint density at radius 2 is 1.93 bits per heavy atom. The SMILES string of the molecule is Cc1ccc(-c2nc(C(=O)N(C)Cc3ccccc3N3CCOCC3)cs2)c(C)c1. The smallest absolute Gasteiger partial charge is 0.273 e. The lowest BCUT2D eigenvalue weighted by atomic mass is 10.1. The van der Waals surface area contributed by atoms with E-state index in [1.165, 1.54) is 28.2 Å². The number of morpholine rings is 1. The van der Waals surface area contributed by atoms with Crippen molar-refractivity contribution in [2.75, 3.05) is 38.3 Å². The topological polar surface area (TPSA) is 45.7 Å². The lowest BCUT2D eigenvalue weighted by Crippen LogP contribution is -2.37. The fraction of sp³-hybridized carbons (Fsp3) is 0.333. The van der Waals surface area contributed by atoms with Crippen LogP contribution in [-0.4, -0.2) is 49.1 Å². The van der Waals surface area contributed by atoms with Crippen molar-refractivity contribution in [3.05, 3.63) is 70.2 Å². The molecule has 0 bridgehead atoms. The Bertz CT molecular complexity index is 1040. The highest BCUT2D eigenvalue weighted by Crippen LogP contribution is 2.28. The molecular weight excluding hydrogens is 394 g/mol. The van der Waals surface area contributed by atoms with Gasteiger partial charge in [-0.25, -0.2) is 4.98 Å². The number of anilines is 1. The summed E-state index contributed by atoms with van der Waals surface area (Å²) < 4.78 is 5.48. The summed E-state index contributed by atoms with van der Waals surface area (Å²) in [5.41, 5.74) is 6.31. The van der Waals surface area contributed by atoms with Crippen LogP contribution < -0.4 is 4.90 Å². The summed E-state index contributed by atoms with van der Waals surface area (Å²) in [5, 5.41) is 2.75. The largest absolute Gasteiger partial charge is 0.378 e. The summed E-state index contributed by atoms with van der Waals surface area (Å²) in [6.45, 7) is 7.94. The van der Waals surface area contributed by atoms with Gasteiger partial charge in [-0.3, -0.25) is 4.79 Å². The maximum absolute atomic E-state index is 13.1. The fourth-order valence-corrected chi connectivity index (χ4v) is 4.71. The average molecular weight is 422 g/mol. The Kier molecular flexibility index (Phi) is 6.16. The van der Waals surface area contributed by atoms with Gasteiger partial charge in [-0.1, -0.05) is 42.0 Å². The molecule has 1 amide bonds. The van der Waals surface area contributed by atoms with Crippen molar-refractivity contribution < 1.29 is 9.53 Å². The Morgan fingerprint density at radius 1 is 1.17 bits per heavy atom. The van der Waals surface area contributed by atoms with Crippen molar-refractivity contribution in [2.24, 2.45) is 0 Å². The van der Waals surface area contributed by atoms with Gasteiger partial charge in [-0.15, -0.1) is 11.3 Å². The van der Waals surface area contributed by atoms with Crippen LogP contribution in [0.5, 0.6) is 0 Å². The van der Waals surface area contributed by atoms with Crippen molar-refractivity contribution in [1.82, 2.24) is 9.88 Å². The minimum atomic E-state index is -0.0564. The van der Waals surface area contributed by atoms with Gasteiger partial charge in [0.2, 0.25) is 0 Å². The standard InChI is InChI=1S/C24H27N3O2S/c1-17-8-9-20(18(2)14-17)23-25-21(16-30-23)24(28)26(3)15-19-6-4-5-7-22(19)27-10-12-29-13-11-27/h4-9,14,16H,10-13,15H2,1-3H3. The predicted molar refractivity (Wildman–Crippen MR) is 122 cm³/mol. The molecule has 156 valence electrons. The quantitative estimate of drug-likeness (QED) is 0.607.